The van der Waals surface area contributed by atoms with Crippen LogP contribution in [0.5, 0.6) is 11.5 Å². The fraction of sp³-hybridized carbons (Fsp3) is 0.200. The molecule has 18 heavy (non-hydrogen) atoms. The minimum absolute atomic E-state index is 0. The number of hydrogen-bond donors (Lipinski definition) is 3. The zero-order chi connectivity index (χ0) is 13.5. The van der Waals surface area contributed by atoms with E-state index in [1.807, 2.05) is 12.1 Å². The van der Waals surface area contributed by atoms with E-state index in [9.17, 15) is 5.11 Å². The summed E-state index contributed by atoms with van der Waals surface area (Å²) in [6.45, 7) is 3.63. The van der Waals surface area contributed by atoms with Crippen LogP contribution in [0.1, 0.15) is 6.99 Å². The van der Waals surface area contributed by atoms with E-state index in [-0.39, 0.29) is 36.7 Å². The van der Waals surface area contributed by atoms with Crippen molar-refractivity contribution in [2.24, 2.45) is 0 Å². The molecule has 6 nitrogen and oxygen atoms in total. The van der Waals surface area contributed by atoms with E-state index in [1.54, 1.807) is 12.1 Å². The van der Waals surface area contributed by atoms with Crippen LogP contribution in [0.3, 0.4) is 0 Å². The van der Waals surface area contributed by atoms with Crippen molar-refractivity contribution in [1.29, 1.82) is 0 Å². The molecule has 0 fully saturated rings. The Morgan fingerprint density at radius 3 is 2.33 bits per heavy atom. The van der Waals surface area contributed by atoms with Crippen LogP contribution in [0.15, 0.2) is 30.9 Å². The van der Waals surface area contributed by atoms with Crippen molar-refractivity contribution in [3.63, 3.8) is 0 Å². The molecule has 0 aliphatic rings. The molecule has 0 aliphatic heterocycles. The van der Waals surface area contributed by atoms with Gasteiger partial charge >= 0.3 is 40.0 Å². The molecule has 0 unspecified atom stereocenters. The maximum absolute atomic E-state index is 9.25. The number of hydrogen-bond acceptors (Lipinski definition) is 4. The fourth-order valence-corrected chi connectivity index (χ4v) is 1.02. The Labute approximate surface area is 130 Å². The average Bonchev–Trinajstić information content (AvgIpc) is 2.19. The molecule has 1 rings (SSSR count). The quantitative estimate of drug-likeness (QED) is 0.358. The molecule has 0 heterocycles. The number of methoxy groups -OCH3 is 1. The molecular weight excluding hydrogens is 271 g/mol. The second-order valence-corrected chi connectivity index (χ2v) is 3.84. The molecule has 0 aromatic heterocycles. The third-order valence-electron chi connectivity index (χ3n) is 1.62. The van der Waals surface area contributed by atoms with E-state index in [4.69, 9.17) is 22.3 Å². The largest absolute Gasteiger partial charge is 1.00 e. The van der Waals surface area contributed by atoms with Crippen LogP contribution in [0.4, 0.5) is 0 Å². The van der Waals surface area contributed by atoms with Crippen LogP contribution >= 0.6 is 0 Å². The van der Waals surface area contributed by atoms with Crippen molar-refractivity contribution in [2.45, 2.75) is 6.42 Å². The van der Waals surface area contributed by atoms with Crippen LogP contribution < -0.4 is 34.3 Å². The van der Waals surface area contributed by atoms with Crippen molar-refractivity contribution in [3.8, 4) is 11.5 Å². The zero-order valence-corrected chi connectivity index (χ0v) is 13.0. The Kier molecular flexibility index (Phi) is 10.3. The first-order valence-corrected chi connectivity index (χ1v) is 5.84. The molecule has 8 heteroatoms. The van der Waals surface area contributed by atoms with E-state index in [0.29, 0.717) is 5.75 Å². The van der Waals surface area contributed by atoms with Crippen LogP contribution in [0, 0.1) is 0 Å². The van der Waals surface area contributed by atoms with E-state index >= 15 is 0 Å². The zero-order valence-electron chi connectivity index (χ0n) is 11.2. The van der Waals surface area contributed by atoms with Crippen molar-refractivity contribution < 1.29 is 58.4 Å². The van der Waals surface area contributed by atoms with Gasteiger partial charge in [-0.25, -0.2) is 0 Å². The first-order valence-electron chi connectivity index (χ1n) is 4.44. The SMILES string of the molecule is C=CCc1ccc(O)c(OC)c1.O=S(=O)(O)O.[H-].[Na+]. The summed E-state index contributed by atoms with van der Waals surface area (Å²) < 4.78 is 36.5. The van der Waals surface area contributed by atoms with E-state index in [2.05, 4.69) is 6.58 Å². The Morgan fingerprint density at radius 2 is 1.94 bits per heavy atom. The number of phenolic OH excluding ortho intramolecular Hbond substituents is 1. The standard InChI is InChI=1S/C10H12O2.Na.H2O4S.H/c1-3-4-8-5-6-9(11)10(7-8)12-2;;1-5(2,3)4;/h3,5-7,11H,1,4H2,2H3;;(H2,1,2,3,4);/q;+1;;-1. The molecular formula is C10H15NaO6S. The molecule has 0 saturated carbocycles. The normalized spacial score (nSPS) is 9.50. The van der Waals surface area contributed by atoms with Crippen molar-refractivity contribution in [2.75, 3.05) is 7.11 Å². The monoisotopic (exact) mass is 286 g/mol. The Morgan fingerprint density at radius 1 is 1.44 bits per heavy atom. The minimum atomic E-state index is -4.67. The maximum Gasteiger partial charge on any atom is 1.00 e. The van der Waals surface area contributed by atoms with Crippen molar-refractivity contribution in [3.05, 3.63) is 36.4 Å². The van der Waals surface area contributed by atoms with Gasteiger partial charge in [-0.3, -0.25) is 9.11 Å². The van der Waals surface area contributed by atoms with Gasteiger partial charge in [0.25, 0.3) is 0 Å². The van der Waals surface area contributed by atoms with Gasteiger partial charge in [0.1, 0.15) is 0 Å². The second kappa shape index (κ2) is 9.37. The molecule has 0 atom stereocenters. The van der Waals surface area contributed by atoms with Gasteiger partial charge in [-0.05, 0) is 24.1 Å². The summed E-state index contributed by atoms with van der Waals surface area (Å²) in [5.74, 6) is 0.680. The summed E-state index contributed by atoms with van der Waals surface area (Å²) in [5, 5.41) is 9.25. The van der Waals surface area contributed by atoms with Gasteiger partial charge in [0, 0.05) is 0 Å². The first-order chi connectivity index (χ1) is 7.77. The number of aromatic hydroxyl groups is 1. The van der Waals surface area contributed by atoms with Gasteiger partial charge in [-0.2, -0.15) is 8.42 Å². The van der Waals surface area contributed by atoms with Crippen molar-refractivity contribution in [1.82, 2.24) is 0 Å². The average molecular weight is 286 g/mol. The molecule has 0 aliphatic carbocycles. The maximum atomic E-state index is 9.25. The summed E-state index contributed by atoms with van der Waals surface area (Å²) in [5.41, 5.74) is 1.08. The Balaban J connectivity index is -0.000000320. The van der Waals surface area contributed by atoms with Crippen LogP contribution in [-0.2, 0) is 16.8 Å². The van der Waals surface area contributed by atoms with Gasteiger partial charge in [-0.1, -0.05) is 12.1 Å². The molecule has 3 N–H and O–H groups in total. The summed E-state index contributed by atoms with van der Waals surface area (Å²) in [6.07, 6.45) is 2.60. The third kappa shape index (κ3) is 10.6. The summed E-state index contributed by atoms with van der Waals surface area (Å²) in [7, 11) is -3.13. The minimum Gasteiger partial charge on any atom is -1.00 e. The second-order valence-electron chi connectivity index (χ2n) is 2.95. The Hall–Kier alpha value is -0.570. The van der Waals surface area contributed by atoms with E-state index in [1.165, 1.54) is 7.11 Å². The summed E-state index contributed by atoms with van der Waals surface area (Å²) >= 11 is 0. The molecule has 0 bridgehead atoms. The van der Waals surface area contributed by atoms with Crippen LogP contribution in [0.25, 0.3) is 0 Å². The Bertz CT molecular complexity index is 469. The molecule has 0 radical (unpaired) electrons. The third-order valence-corrected chi connectivity index (χ3v) is 1.62. The molecule has 0 amide bonds. The molecule has 0 spiro atoms. The van der Waals surface area contributed by atoms with E-state index < -0.39 is 10.4 Å². The molecule has 1 aromatic rings. The predicted molar refractivity (Wildman–Crippen MR) is 63.8 cm³/mol. The van der Waals surface area contributed by atoms with E-state index in [0.717, 1.165) is 12.0 Å². The number of allylic oxidation sites excluding steroid dienone is 1. The number of benzene rings is 1. The van der Waals surface area contributed by atoms with Gasteiger partial charge in [0.15, 0.2) is 11.5 Å². The molecule has 0 saturated heterocycles. The number of ether oxygens (including phenoxy) is 1. The van der Waals surface area contributed by atoms with Gasteiger partial charge in [-0.15, -0.1) is 6.58 Å². The summed E-state index contributed by atoms with van der Waals surface area (Å²) in [4.78, 5) is 0. The first kappa shape index (κ1) is 19.8. The van der Waals surface area contributed by atoms with Crippen molar-refractivity contribution >= 4 is 10.4 Å². The summed E-state index contributed by atoms with van der Waals surface area (Å²) in [6, 6.07) is 5.27. The number of rotatable bonds is 3. The van der Waals surface area contributed by atoms with Gasteiger partial charge in [0.05, 0.1) is 7.11 Å². The molecule has 98 valence electrons. The fourth-order valence-electron chi connectivity index (χ4n) is 1.02. The van der Waals surface area contributed by atoms with Gasteiger partial charge in [0.2, 0.25) is 0 Å². The topological polar surface area (TPSA) is 104 Å². The van der Waals surface area contributed by atoms with Gasteiger partial charge < -0.3 is 11.3 Å². The molecule has 1 aromatic carbocycles. The van der Waals surface area contributed by atoms with Crippen LogP contribution in [-0.4, -0.2) is 29.7 Å². The predicted octanol–water partition coefficient (Wildman–Crippen LogP) is -1.41. The van der Waals surface area contributed by atoms with Crippen LogP contribution in [0.2, 0.25) is 0 Å². The number of phenols is 1. The smallest absolute Gasteiger partial charge is 1.00 e.